The van der Waals surface area contributed by atoms with Crippen LogP contribution in [-0.2, 0) is 11.2 Å². The predicted molar refractivity (Wildman–Crippen MR) is 155 cm³/mol. The van der Waals surface area contributed by atoms with Crippen molar-refractivity contribution >= 4 is 81.1 Å². The highest BCUT2D eigenvalue weighted by molar-refractivity contribution is 6.40. The zero-order valence-corrected chi connectivity index (χ0v) is 23.0. The van der Waals surface area contributed by atoms with Crippen molar-refractivity contribution in [2.24, 2.45) is 0 Å². The van der Waals surface area contributed by atoms with E-state index in [0.29, 0.717) is 48.4 Å². The molecular formula is C28H22Cl4N2O4. The van der Waals surface area contributed by atoms with Crippen LogP contribution in [0.4, 0.5) is 22.7 Å². The quantitative estimate of drug-likeness (QED) is 0.171. The first-order valence-corrected chi connectivity index (χ1v) is 12.6. The van der Waals surface area contributed by atoms with Crippen molar-refractivity contribution in [3.8, 4) is 0 Å². The Morgan fingerprint density at radius 3 is 1.87 bits per heavy atom. The Kier molecular flexibility index (Phi) is 10.3. The molecule has 0 heterocycles. The summed E-state index contributed by atoms with van der Waals surface area (Å²) in [6.45, 7) is 1.85. The number of carboxylic acid groups (broad SMARTS) is 2. The molecule has 0 aliphatic carbocycles. The standard InChI is InChI=1S/2C14H11Cl2NO2/c1-8-6-7-10(15)13(12(8)16)17-11-5-3-2-4-9(11)14(18)19;15-10-5-3-6-11(16)14(10)17-12-7-2-1-4-9(12)8-13(18)19/h2-7,17H,1H3,(H,18,19);1-7,17H,8H2,(H,18,19). The molecule has 0 spiro atoms. The number of hydrogen-bond donors (Lipinski definition) is 4. The average Bonchev–Trinajstić information content (AvgIpc) is 2.88. The molecule has 0 saturated heterocycles. The van der Waals surface area contributed by atoms with Gasteiger partial charge >= 0.3 is 11.9 Å². The molecule has 0 amide bonds. The summed E-state index contributed by atoms with van der Waals surface area (Å²) in [5.74, 6) is -1.90. The number of carbonyl (C=O) groups is 2. The Morgan fingerprint density at radius 2 is 1.24 bits per heavy atom. The number of halogens is 4. The number of nitrogens with one attached hydrogen (secondary N) is 2. The van der Waals surface area contributed by atoms with Crippen LogP contribution in [0.5, 0.6) is 0 Å². The van der Waals surface area contributed by atoms with Crippen molar-refractivity contribution in [2.75, 3.05) is 10.6 Å². The lowest BCUT2D eigenvalue weighted by atomic mass is 10.1. The van der Waals surface area contributed by atoms with Gasteiger partial charge in [-0.3, -0.25) is 4.79 Å². The van der Waals surface area contributed by atoms with Gasteiger partial charge < -0.3 is 20.8 Å². The molecule has 0 aromatic heterocycles. The van der Waals surface area contributed by atoms with E-state index < -0.39 is 11.9 Å². The van der Waals surface area contributed by atoms with Crippen molar-refractivity contribution < 1.29 is 19.8 Å². The van der Waals surface area contributed by atoms with Crippen LogP contribution in [0.2, 0.25) is 20.1 Å². The van der Waals surface area contributed by atoms with Gasteiger partial charge in [0.25, 0.3) is 0 Å². The van der Waals surface area contributed by atoms with Crippen molar-refractivity contribution in [3.05, 3.63) is 116 Å². The summed E-state index contributed by atoms with van der Waals surface area (Å²) in [4.78, 5) is 22.0. The minimum atomic E-state index is -1.01. The number of benzene rings is 4. The van der Waals surface area contributed by atoms with Crippen molar-refractivity contribution in [2.45, 2.75) is 13.3 Å². The van der Waals surface area contributed by atoms with Gasteiger partial charge in [0.2, 0.25) is 0 Å². The second-order valence-electron chi connectivity index (χ2n) is 7.98. The number of hydrogen-bond acceptors (Lipinski definition) is 4. The second-order valence-corrected chi connectivity index (χ2v) is 9.58. The third-order valence-electron chi connectivity index (χ3n) is 5.28. The second kappa shape index (κ2) is 13.4. The van der Waals surface area contributed by atoms with E-state index in [1.807, 2.05) is 13.0 Å². The minimum Gasteiger partial charge on any atom is -0.481 e. The van der Waals surface area contributed by atoms with Gasteiger partial charge in [-0.1, -0.05) is 88.9 Å². The van der Waals surface area contributed by atoms with E-state index in [0.717, 1.165) is 5.56 Å². The Labute approximate surface area is 239 Å². The van der Waals surface area contributed by atoms with Gasteiger partial charge in [0.05, 0.1) is 49.1 Å². The van der Waals surface area contributed by atoms with Crippen molar-refractivity contribution in [3.63, 3.8) is 0 Å². The molecule has 0 aliphatic rings. The molecule has 4 rings (SSSR count). The zero-order valence-electron chi connectivity index (χ0n) is 19.9. The number of aliphatic carboxylic acids is 1. The van der Waals surface area contributed by atoms with Crippen LogP contribution in [0.25, 0.3) is 0 Å². The van der Waals surface area contributed by atoms with Gasteiger partial charge in [-0.05, 0) is 54.4 Å². The van der Waals surface area contributed by atoms with E-state index in [2.05, 4.69) is 10.6 Å². The Hall–Kier alpha value is -3.42. The fraction of sp³-hybridized carbons (Fsp3) is 0.0714. The van der Waals surface area contributed by atoms with Crippen LogP contribution in [0.15, 0.2) is 78.9 Å². The number of aromatic carboxylic acids is 1. The number of rotatable bonds is 7. The fourth-order valence-electron chi connectivity index (χ4n) is 3.40. The number of carboxylic acids is 2. The highest BCUT2D eigenvalue weighted by Crippen LogP contribution is 2.36. The maximum atomic E-state index is 11.1. The molecule has 4 aromatic rings. The summed E-state index contributed by atoms with van der Waals surface area (Å²) in [6, 6.07) is 22.4. The molecule has 196 valence electrons. The topological polar surface area (TPSA) is 98.7 Å². The Bertz CT molecular complexity index is 1460. The minimum absolute atomic E-state index is 0.0642. The van der Waals surface area contributed by atoms with Crippen LogP contribution in [0, 0.1) is 6.92 Å². The molecule has 0 bridgehead atoms. The van der Waals surface area contributed by atoms with E-state index in [-0.39, 0.29) is 12.0 Å². The molecule has 4 N–H and O–H groups in total. The van der Waals surface area contributed by atoms with E-state index in [9.17, 15) is 9.59 Å². The Balaban J connectivity index is 0.000000211. The Morgan fingerprint density at radius 1 is 0.684 bits per heavy atom. The lowest BCUT2D eigenvalue weighted by Crippen LogP contribution is -2.04. The molecule has 0 fully saturated rings. The lowest BCUT2D eigenvalue weighted by molar-refractivity contribution is -0.136. The van der Waals surface area contributed by atoms with Gasteiger partial charge in [-0.25, -0.2) is 4.79 Å². The van der Waals surface area contributed by atoms with E-state index in [1.54, 1.807) is 66.7 Å². The summed E-state index contributed by atoms with van der Waals surface area (Å²) in [5.41, 5.74) is 3.91. The maximum Gasteiger partial charge on any atom is 0.337 e. The van der Waals surface area contributed by atoms with Crippen LogP contribution >= 0.6 is 46.4 Å². The SMILES string of the molecule is Cc1ccc(Cl)c(Nc2ccccc2C(=O)O)c1Cl.O=C(O)Cc1ccccc1Nc1c(Cl)cccc1Cl. The van der Waals surface area contributed by atoms with Crippen LogP contribution in [0.3, 0.4) is 0 Å². The summed E-state index contributed by atoms with van der Waals surface area (Å²) in [5, 5.41) is 26.0. The van der Waals surface area contributed by atoms with Crippen LogP contribution < -0.4 is 10.6 Å². The van der Waals surface area contributed by atoms with E-state index >= 15 is 0 Å². The third kappa shape index (κ3) is 7.55. The molecule has 38 heavy (non-hydrogen) atoms. The highest BCUT2D eigenvalue weighted by Gasteiger charge is 2.14. The zero-order chi connectivity index (χ0) is 27.8. The molecule has 0 radical (unpaired) electrons. The molecule has 0 saturated carbocycles. The maximum absolute atomic E-state index is 11.1. The van der Waals surface area contributed by atoms with Gasteiger partial charge in [-0.2, -0.15) is 0 Å². The highest BCUT2D eigenvalue weighted by atomic mass is 35.5. The molecule has 0 atom stereocenters. The number of aryl methyl sites for hydroxylation is 1. The molecule has 4 aromatic carbocycles. The molecule has 10 heteroatoms. The van der Waals surface area contributed by atoms with Crippen LogP contribution in [-0.4, -0.2) is 22.2 Å². The first-order valence-electron chi connectivity index (χ1n) is 11.1. The van der Waals surface area contributed by atoms with Crippen molar-refractivity contribution in [1.82, 2.24) is 0 Å². The van der Waals surface area contributed by atoms with Crippen molar-refractivity contribution in [1.29, 1.82) is 0 Å². The lowest BCUT2D eigenvalue weighted by Gasteiger charge is -2.13. The normalized spacial score (nSPS) is 10.2. The summed E-state index contributed by atoms with van der Waals surface area (Å²) < 4.78 is 0. The number of para-hydroxylation sites is 3. The largest absolute Gasteiger partial charge is 0.481 e. The van der Waals surface area contributed by atoms with Gasteiger partial charge in [0.15, 0.2) is 0 Å². The first kappa shape index (κ1) is 29.1. The fourth-order valence-corrected chi connectivity index (χ4v) is 4.35. The smallest absolute Gasteiger partial charge is 0.337 e. The summed E-state index contributed by atoms with van der Waals surface area (Å²) in [6.07, 6.45) is -0.0642. The molecular weight excluding hydrogens is 570 g/mol. The molecule has 0 unspecified atom stereocenters. The monoisotopic (exact) mass is 590 g/mol. The van der Waals surface area contributed by atoms with Gasteiger partial charge in [-0.15, -0.1) is 0 Å². The first-order chi connectivity index (χ1) is 18.1. The summed E-state index contributed by atoms with van der Waals surface area (Å²) in [7, 11) is 0. The number of anilines is 4. The third-order valence-corrected chi connectivity index (χ3v) is 6.71. The average molecular weight is 592 g/mol. The summed E-state index contributed by atoms with van der Waals surface area (Å²) >= 11 is 24.4. The van der Waals surface area contributed by atoms with Gasteiger partial charge in [0.1, 0.15) is 0 Å². The van der Waals surface area contributed by atoms with E-state index in [1.165, 1.54) is 6.07 Å². The molecule has 0 aliphatic heterocycles. The predicted octanol–water partition coefficient (Wildman–Crippen LogP) is 9.11. The van der Waals surface area contributed by atoms with E-state index in [4.69, 9.17) is 56.6 Å². The van der Waals surface area contributed by atoms with Gasteiger partial charge in [0, 0.05) is 5.69 Å². The van der Waals surface area contributed by atoms with Crippen LogP contribution in [0.1, 0.15) is 21.5 Å². The molecule has 6 nitrogen and oxygen atoms in total.